The van der Waals surface area contributed by atoms with Crippen LogP contribution >= 0.6 is 0 Å². The summed E-state index contributed by atoms with van der Waals surface area (Å²) in [5.41, 5.74) is 6.82. The second-order valence-corrected chi connectivity index (χ2v) is 10.7. The first-order chi connectivity index (χ1) is 22.7. The Bertz CT molecular complexity index is 1690. The largest absolute Gasteiger partial charge is 0.489 e. The molecule has 1 aliphatic rings. The van der Waals surface area contributed by atoms with Gasteiger partial charge in [0, 0.05) is 36.4 Å². The maximum Gasteiger partial charge on any atom is 0.231 e. The van der Waals surface area contributed by atoms with E-state index in [1.165, 1.54) is 12.1 Å². The van der Waals surface area contributed by atoms with E-state index < -0.39 is 0 Å². The van der Waals surface area contributed by atoms with Gasteiger partial charge in [0.05, 0.1) is 37.8 Å². The van der Waals surface area contributed by atoms with E-state index in [-0.39, 0.29) is 12.6 Å². The summed E-state index contributed by atoms with van der Waals surface area (Å²) in [6, 6.07) is 30.3. The van der Waals surface area contributed by atoms with Gasteiger partial charge in [-0.3, -0.25) is 5.10 Å². The lowest BCUT2D eigenvalue weighted by atomic mass is 10.1. The number of anilines is 1. The van der Waals surface area contributed by atoms with Crippen LogP contribution in [0.25, 0.3) is 22.5 Å². The molecule has 2 heterocycles. The third-order valence-electron chi connectivity index (χ3n) is 7.34. The molecule has 0 aliphatic carbocycles. The predicted octanol–water partition coefficient (Wildman–Crippen LogP) is 6.43. The molecule has 5 aromatic rings. The highest BCUT2D eigenvalue weighted by Crippen LogP contribution is 2.36. The number of fused-ring (bicyclic) bond motifs is 1. The Balaban J connectivity index is 0.821. The molecule has 0 unspecified atom stereocenters. The molecular weight excluding hydrogens is 587 g/mol. The highest BCUT2D eigenvalue weighted by molar-refractivity contribution is 5.72. The third kappa shape index (κ3) is 8.85. The van der Waals surface area contributed by atoms with Crippen molar-refractivity contribution in [2.24, 2.45) is 0 Å². The Morgan fingerprint density at radius 2 is 1.57 bits per heavy atom. The highest BCUT2D eigenvalue weighted by atomic mass is 19.1. The Morgan fingerprint density at radius 1 is 0.739 bits per heavy atom. The summed E-state index contributed by atoms with van der Waals surface area (Å²) in [6.07, 6.45) is 0. The zero-order chi connectivity index (χ0) is 31.4. The minimum atomic E-state index is -0.250. The number of hydrogen-bond acceptors (Lipinski definition) is 8. The van der Waals surface area contributed by atoms with Crippen molar-refractivity contribution in [3.63, 3.8) is 0 Å². The van der Waals surface area contributed by atoms with E-state index >= 15 is 0 Å². The molecule has 0 fully saturated rings. The van der Waals surface area contributed by atoms with Crippen LogP contribution in [0.15, 0.2) is 97.1 Å². The van der Waals surface area contributed by atoms with Gasteiger partial charge in [-0.1, -0.05) is 36.4 Å². The lowest BCUT2D eigenvalue weighted by Gasteiger charge is -2.10. The SMILES string of the molecule is Fc1ccc(COc2cccc(CNCCOCCOCCNc3cccc(-c4cc(-c5ccc6c(c5)OCO6)[nH]n4)c3)c2)cc1. The average molecular weight is 625 g/mol. The maximum absolute atomic E-state index is 13.1. The molecular formula is C36H37FN4O5. The summed E-state index contributed by atoms with van der Waals surface area (Å²) in [6.45, 7) is 5.00. The van der Waals surface area contributed by atoms with Crippen LogP contribution in [-0.4, -0.2) is 56.5 Å². The molecule has 6 rings (SSSR count). The summed E-state index contributed by atoms with van der Waals surface area (Å²) in [5, 5.41) is 14.4. The molecule has 0 spiro atoms. The van der Waals surface area contributed by atoms with Crippen LogP contribution in [0.2, 0.25) is 0 Å². The molecule has 1 aliphatic heterocycles. The number of rotatable bonds is 17. The molecule has 9 nitrogen and oxygen atoms in total. The summed E-state index contributed by atoms with van der Waals surface area (Å²) in [7, 11) is 0. The molecule has 3 N–H and O–H groups in total. The van der Waals surface area contributed by atoms with Gasteiger partial charge in [0.2, 0.25) is 6.79 Å². The first kappa shape index (κ1) is 31.1. The van der Waals surface area contributed by atoms with E-state index in [4.69, 9.17) is 23.7 Å². The van der Waals surface area contributed by atoms with Crippen LogP contribution in [0, 0.1) is 5.82 Å². The normalized spacial score (nSPS) is 11.9. The highest BCUT2D eigenvalue weighted by Gasteiger charge is 2.15. The minimum Gasteiger partial charge on any atom is -0.489 e. The Labute approximate surface area is 267 Å². The number of hydrogen-bond donors (Lipinski definition) is 3. The first-order valence-electron chi connectivity index (χ1n) is 15.3. The molecule has 0 radical (unpaired) electrons. The average Bonchev–Trinajstić information content (AvgIpc) is 3.78. The smallest absolute Gasteiger partial charge is 0.231 e. The van der Waals surface area contributed by atoms with E-state index in [1.54, 1.807) is 12.1 Å². The van der Waals surface area contributed by atoms with Crippen LogP contribution in [-0.2, 0) is 22.6 Å². The zero-order valence-corrected chi connectivity index (χ0v) is 25.5. The number of aromatic nitrogens is 2. The number of nitrogens with zero attached hydrogens (tertiary/aromatic N) is 1. The Hall–Kier alpha value is -4.90. The second kappa shape index (κ2) is 15.9. The monoisotopic (exact) mass is 624 g/mol. The first-order valence-corrected chi connectivity index (χ1v) is 15.3. The fourth-order valence-electron chi connectivity index (χ4n) is 4.93. The Kier molecular flexibility index (Phi) is 10.7. The van der Waals surface area contributed by atoms with E-state index in [0.29, 0.717) is 46.1 Å². The summed E-state index contributed by atoms with van der Waals surface area (Å²) >= 11 is 0. The molecule has 46 heavy (non-hydrogen) atoms. The lowest BCUT2D eigenvalue weighted by Crippen LogP contribution is -2.20. The van der Waals surface area contributed by atoms with Gasteiger partial charge in [-0.2, -0.15) is 5.10 Å². The van der Waals surface area contributed by atoms with E-state index in [2.05, 4.69) is 26.9 Å². The number of aromatic amines is 1. The van der Waals surface area contributed by atoms with Crippen LogP contribution in [0.5, 0.6) is 17.2 Å². The number of nitrogens with one attached hydrogen (secondary N) is 3. The predicted molar refractivity (Wildman–Crippen MR) is 175 cm³/mol. The molecule has 238 valence electrons. The maximum atomic E-state index is 13.1. The quantitative estimate of drug-likeness (QED) is 0.102. The van der Waals surface area contributed by atoms with Gasteiger partial charge in [-0.25, -0.2) is 4.39 Å². The standard InChI is InChI=1S/C36H37FN4O5/c37-30-10-7-26(8-11-30)24-44-32-6-1-3-27(19-32)23-38-13-15-42-17-18-43-16-14-39-31-5-2-4-28(20-31)33-22-34(41-40-33)29-9-12-35-36(21-29)46-25-45-35/h1-12,19-22,38-39H,13-18,23-25H2,(H,40,41). The molecule has 0 saturated carbocycles. The third-order valence-corrected chi connectivity index (χ3v) is 7.34. The molecule has 0 saturated heterocycles. The number of ether oxygens (including phenoxy) is 5. The zero-order valence-electron chi connectivity index (χ0n) is 25.5. The fourth-order valence-corrected chi connectivity index (χ4v) is 4.93. The molecule has 4 aromatic carbocycles. The van der Waals surface area contributed by atoms with Crippen LogP contribution in [0.3, 0.4) is 0 Å². The molecule has 10 heteroatoms. The van der Waals surface area contributed by atoms with Crippen molar-refractivity contribution >= 4 is 5.69 Å². The van der Waals surface area contributed by atoms with Gasteiger partial charge in [0.25, 0.3) is 0 Å². The minimum absolute atomic E-state index is 0.250. The van der Waals surface area contributed by atoms with E-state index in [0.717, 1.165) is 63.1 Å². The van der Waals surface area contributed by atoms with Gasteiger partial charge < -0.3 is 34.3 Å². The summed E-state index contributed by atoms with van der Waals surface area (Å²) in [4.78, 5) is 0. The van der Waals surface area contributed by atoms with Crippen molar-refractivity contribution in [2.75, 3.05) is 51.6 Å². The summed E-state index contributed by atoms with van der Waals surface area (Å²) < 4.78 is 41.2. The van der Waals surface area contributed by atoms with Crippen molar-refractivity contribution in [3.8, 4) is 39.8 Å². The number of benzene rings is 4. The van der Waals surface area contributed by atoms with Crippen LogP contribution in [0.4, 0.5) is 10.1 Å². The second-order valence-electron chi connectivity index (χ2n) is 10.7. The van der Waals surface area contributed by atoms with Crippen molar-refractivity contribution < 1.29 is 28.1 Å². The molecule has 0 amide bonds. The van der Waals surface area contributed by atoms with Gasteiger partial charge in [0.15, 0.2) is 11.5 Å². The van der Waals surface area contributed by atoms with Crippen LogP contribution < -0.4 is 24.8 Å². The number of halogens is 1. The van der Waals surface area contributed by atoms with Crippen molar-refractivity contribution in [1.29, 1.82) is 0 Å². The summed E-state index contributed by atoms with van der Waals surface area (Å²) in [5.74, 6) is 2.03. The van der Waals surface area contributed by atoms with Gasteiger partial charge in [0.1, 0.15) is 18.2 Å². The topological polar surface area (TPSA) is 98.9 Å². The molecule has 0 atom stereocenters. The fraction of sp³-hybridized carbons (Fsp3) is 0.250. The van der Waals surface area contributed by atoms with Crippen molar-refractivity contribution in [1.82, 2.24) is 15.5 Å². The van der Waals surface area contributed by atoms with Gasteiger partial charge >= 0.3 is 0 Å². The van der Waals surface area contributed by atoms with E-state index in [1.807, 2.05) is 66.7 Å². The van der Waals surface area contributed by atoms with Gasteiger partial charge in [-0.05, 0) is 71.8 Å². The Morgan fingerprint density at radius 3 is 2.46 bits per heavy atom. The van der Waals surface area contributed by atoms with Crippen molar-refractivity contribution in [3.05, 3.63) is 114 Å². The lowest BCUT2D eigenvalue weighted by molar-refractivity contribution is 0.0527. The van der Waals surface area contributed by atoms with Crippen LogP contribution in [0.1, 0.15) is 11.1 Å². The molecule has 1 aromatic heterocycles. The number of H-pyrrole nitrogens is 1. The van der Waals surface area contributed by atoms with Crippen molar-refractivity contribution in [2.45, 2.75) is 13.2 Å². The van der Waals surface area contributed by atoms with Gasteiger partial charge in [-0.15, -0.1) is 0 Å². The van der Waals surface area contributed by atoms with E-state index in [9.17, 15) is 4.39 Å². The molecule has 0 bridgehead atoms.